The molecule has 1 saturated heterocycles. The SMILES string of the molecule is Cc1nc(C2CCNCC2)oc1-c1ccccc1. The van der Waals surface area contributed by atoms with E-state index in [1.54, 1.807) is 0 Å². The zero-order chi connectivity index (χ0) is 12.4. The molecular weight excluding hydrogens is 224 g/mol. The number of aryl methyl sites for hydroxylation is 1. The second-order valence-electron chi connectivity index (χ2n) is 4.86. The van der Waals surface area contributed by atoms with E-state index >= 15 is 0 Å². The van der Waals surface area contributed by atoms with Gasteiger partial charge in [0.1, 0.15) is 0 Å². The van der Waals surface area contributed by atoms with Gasteiger partial charge in [0.25, 0.3) is 0 Å². The largest absolute Gasteiger partial charge is 0.440 e. The molecule has 0 amide bonds. The summed E-state index contributed by atoms with van der Waals surface area (Å²) in [5, 5.41) is 3.37. The van der Waals surface area contributed by atoms with Crippen LogP contribution in [0, 0.1) is 6.92 Å². The minimum absolute atomic E-state index is 0.474. The monoisotopic (exact) mass is 242 g/mol. The Labute approximate surface area is 107 Å². The maximum Gasteiger partial charge on any atom is 0.198 e. The molecule has 2 heterocycles. The summed E-state index contributed by atoms with van der Waals surface area (Å²) < 4.78 is 6.00. The molecule has 1 N–H and O–H groups in total. The average molecular weight is 242 g/mol. The van der Waals surface area contributed by atoms with Gasteiger partial charge in [-0.2, -0.15) is 0 Å². The van der Waals surface area contributed by atoms with E-state index in [9.17, 15) is 0 Å². The summed E-state index contributed by atoms with van der Waals surface area (Å²) in [5.41, 5.74) is 2.11. The Morgan fingerprint density at radius 3 is 2.61 bits per heavy atom. The van der Waals surface area contributed by atoms with Crippen LogP contribution < -0.4 is 5.32 Å². The Balaban J connectivity index is 1.91. The standard InChI is InChI=1S/C15H18N2O/c1-11-14(12-5-3-2-4-6-12)18-15(17-11)13-7-9-16-10-8-13/h2-6,13,16H,7-10H2,1H3. The number of oxazole rings is 1. The number of nitrogens with zero attached hydrogens (tertiary/aromatic N) is 1. The minimum atomic E-state index is 0.474. The Bertz CT molecular complexity index is 513. The first-order valence-electron chi connectivity index (χ1n) is 6.58. The fourth-order valence-corrected chi connectivity index (χ4v) is 2.52. The van der Waals surface area contributed by atoms with Crippen molar-refractivity contribution < 1.29 is 4.42 Å². The summed E-state index contributed by atoms with van der Waals surface area (Å²) in [6, 6.07) is 10.2. The molecule has 1 fully saturated rings. The number of piperidine rings is 1. The van der Waals surface area contributed by atoms with Crippen molar-refractivity contribution >= 4 is 0 Å². The lowest BCUT2D eigenvalue weighted by Crippen LogP contribution is -2.26. The third-order valence-electron chi connectivity index (χ3n) is 3.54. The van der Waals surface area contributed by atoms with Crippen molar-refractivity contribution in [3.05, 3.63) is 41.9 Å². The highest BCUT2D eigenvalue weighted by Crippen LogP contribution is 2.30. The van der Waals surface area contributed by atoms with Crippen LogP contribution in [0.2, 0.25) is 0 Å². The van der Waals surface area contributed by atoms with E-state index in [0.29, 0.717) is 5.92 Å². The molecule has 1 aromatic carbocycles. The molecule has 0 aliphatic carbocycles. The van der Waals surface area contributed by atoms with Crippen molar-refractivity contribution in [1.29, 1.82) is 0 Å². The molecule has 3 heteroatoms. The molecule has 0 radical (unpaired) electrons. The molecule has 0 bridgehead atoms. The quantitative estimate of drug-likeness (QED) is 0.879. The van der Waals surface area contributed by atoms with E-state index in [2.05, 4.69) is 22.4 Å². The molecule has 1 aliphatic heterocycles. The first-order valence-corrected chi connectivity index (χ1v) is 6.58. The summed E-state index contributed by atoms with van der Waals surface area (Å²) >= 11 is 0. The van der Waals surface area contributed by atoms with Crippen LogP contribution in [0.3, 0.4) is 0 Å². The summed E-state index contributed by atoms with van der Waals surface area (Å²) in [5.74, 6) is 2.30. The van der Waals surface area contributed by atoms with Crippen LogP contribution in [-0.2, 0) is 0 Å². The van der Waals surface area contributed by atoms with Crippen LogP contribution in [0.25, 0.3) is 11.3 Å². The van der Waals surface area contributed by atoms with Crippen molar-refractivity contribution in [1.82, 2.24) is 10.3 Å². The van der Waals surface area contributed by atoms with Crippen LogP contribution >= 0.6 is 0 Å². The van der Waals surface area contributed by atoms with E-state index in [1.807, 2.05) is 25.1 Å². The zero-order valence-corrected chi connectivity index (χ0v) is 10.6. The zero-order valence-electron chi connectivity index (χ0n) is 10.6. The lowest BCUT2D eigenvalue weighted by molar-refractivity contribution is 0.378. The van der Waals surface area contributed by atoms with Crippen LogP contribution in [0.5, 0.6) is 0 Å². The number of nitrogens with one attached hydrogen (secondary N) is 1. The molecule has 94 valence electrons. The molecule has 18 heavy (non-hydrogen) atoms. The van der Waals surface area contributed by atoms with Crippen molar-refractivity contribution in [2.24, 2.45) is 0 Å². The molecule has 0 saturated carbocycles. The summed E-state index contributed by atoms with van der Waals surface area (Å²) in [6.07, 6.45) is 2.24. The van der Waals surface area contributed by atoms with Crippen LogP contribution in [0.15, 0.2) is 34.7 Å². The van der Waals surface area contributed by atoms with Crippen molar-refractivity contribution in [2.75, 3.05) is 13.1 Å². The van der Waals surface area contributed by atoms with E-state index in [1.165, 1.54) is 0 Å². The second-order valence-corrected chi connectivity index (χ2v) is 4.86. The Kier molecular flexibility index (Phi) is 3.15. The van der Waals surface area contributed by atoms with Gasteiger partial charge in [-0.25, -0.2) is 4.98 Å². The number of hydrogen-bond donors (Lipinski definition) is 1. The third kappa shape index (κ3) is 2.18. The highest BCUT2D eigenvalue weighted by atomic mass is 16.4. The summed E-state index contributed by atoms with van der Waals surface area (Å²) in [7, 11) is 0. The topological polar surface area (TPSA) is 38.1 Å². The van der Waals surface area contributed by atoms with Gasteiger partial charge in [-0.15, -0.1) is 0 Å². The first kappa shape index (κ1) is 11.5. The molecule has 3 rings (SSSR count). The Morgan fingerprint density at radius 2 is 1.89 bits per heavy atom. The fourth-order valence-electron chi connectivity index (χ4n) is 2.52. The molecule has 0 spiro atoms. The van der Waals surface area contributed by atoms with Crippen molar-refractivity contribution in [3.8, 4) is 11.3 Å². The number of benzene rings is 1. The van der Waals surface area contributed by atoms with Gasteiger partial charge in [0, 0.05) is 11.5 Å². The second kappa shape index (κ2) is 4.94. The highest BCUT2D eigenvalue weighted by Gasteiger charge is 2.22. The molecular formula is C15H18N2O. The number of rotatable bonds is 2. The number of hydrogen-bond acceptors (Lipinski definition) is 3. The fraction of sp³-hybridized carbons (Fsp3) is 0.400. The first-order chi connectivity index (χ1) is 8.84. The van der Waals surface area contributed by atoms with E-state index in [4.69, 9.17) is 4.42 Å². The Hall–Kier alpha value is -1.61. The van der Waals surface area contributed by atoms with E-state index in [-0.39, 0.29) is 0 Å². The van der Waals surface area contributed by atoms with E-state index < -0.39 is 0 Å². The van der Waals surface area contributed by atoms with E-state index in [0.717, 1.165) is 48.8 Å². The molecule has 0 unspecified atom stereocenters. The Morgan fingerprint density at radius 1 is 1.17 bits per heavy atom. The molecule has 1 aromatic heterocycles. The van der Waals surface area contributed by atoms with Crippen molar-refractivity contribution in [3.63, 3.8) is 0 Å². The molecule has 1 aliphatic rings. The van der Waals surface area contributed by atoms with Gasteiger partial charge in [-0.3, -0.25) is 0 Å². The predicted octanol–water partition coefficient (Wildman–Crippen LogP) is 3.12. The molecule has 0 atom stereocenters. The smallest absolute Gasteiger partial charge is 0.198 e. The maximum absolute atomic E-state index is 6.00. The lowest BCUT2D eigenvalue weighted by Gasteiger charge is -2.19. The third-order valence-corrected chi connectivity index (χ3v) is 3.54. The van der Waals surface area contributed by atoms with Gasteiger partial charge >= 0.3 is 0 Å². The maximum atomic E-state index is 6.00. The van der Waals surface area contributed by atoms with Gasteiger partial charge in [0.05, 0.1) is 5.69 Å². The van der Waals surface area contributed by atoms with Gasteiger partial charge in [0.2, 0.25) is 0 Å². The molecule has 3 nitrogen and oxygen atoms in total. The number of aromatic nitrogens is 1. The van der Waals surface area contributed by atoms with Gasteiger partial charge in [-0.1, -0.05) is 30.3 Å². The molecule has 2 aromatic rings. The average Bonchev–Trinajstić information content (AvgIpc) is 2.83. The van der Waals surface area contributed by atoms with Gasteiger partial charge in [0.15, 0.2) is 11.7 Å². The summed E-state index contributed by atoms with van der Waals surface area (Å²) in [6.45, 7) is 4.15. The van der Waals surface area contributed by atoms with Crippen LogP contribution in [0.4, 0.5) is 0 Å². The normalized spacial score (nSPS) is 16.9. The van der Waals surface area contributed by atoms with Crippen molar-refractivity contribution in [2.45, 2.75) is 25.7 Å². The predicted molar refractivity (Wildman–Crippen MR) is 71.5 cm³/mol. The van der Waals surface area contributed by atoms with Gasteiger partial charge in [-0.05, 0) is 32.9 Å². The lowest BCUT2D eigenvalue weighted by atomic mass is 9.98. The summed E-state index contributed by atoms with van der Waals surface area (Å²) in [4.78, 5) is 4.62. The van der Waals surface area contributed by atoms with Gasteiger partial charge < -0.3 is 9.73 Å². The minimum Gasteiger partial charge on any atom is -0.440 e. The highest BCUT2D eigenvalue weighted by molar-refractivity contribution is 5.59. The van der Waals surface area contributed by atoms with Crippen LogP contribution in [-0.4, -0.2) is 18.1 Å². The van der Waals surface area contributed by atoms with Crippen LogP contribution in [0.1, 0.15) is 30.3 Å².